The molecule has 3 aromatic carbocycles. The molecule has 1 fully saturated rings. The van der Waals surface area contributed by atoms with E-state index in [0.29, 0.717) is 37.3 Å². The van der Waals surface area contributed by atoms with Crippen LogP contribution in [0.2, 0.25) is 0 Å². The van der Waals surface area contributed by atoms with E-state index in [1.54, 1.807) is 42.2 Å². The second kappa shape index (κ2) is 13.3. The Hall–Kier alpha value is -4.09. The van der Waals surface area contributed by atoms with E-state index < -0.39 is 11.9 Å². The lowest BCUT2D eigenvalue weighted by molar-refractivity contribution is -0.145. The normalized spacial score (nSPS) is 15.0. The van der Waals surface area contributed by atoms with Crippen LogP contribution < -0.4 is 9.47 Å². The maximum Gasteiger partial charge on any atom is 0.344 e. The van der Waals surface area contributed by atoms with Crippen LogP contribution >= 0.6 is 27.7 Å². The van der Waals surface area contributed by atoms with Gasteiger partial charge in [-0.1, -0.05) is 30.3 Å². The topological polar surface area (TPSA) is 115 Å². The highest BCUT2D eigenvalue weighted by atomic mass is 79.9. The van der Waals surface area contributed by atoms with Crippen molar-refractivity contribution in [1.82, 2.24) is 4.90 Å². The molecule has 3 aromatic rings. The van der Waals surface area contributed by atoms with Crippen LogP contribution in [0.3, 0.4) is 0 Å². The molecule has 0 aliphatic carbocycles. The molecule has 1 heterocycles. The van der Waals surface area contributed by atoms with Gasteiger partial charge in [0.2, 0.25) is 0 Å². The molecule has 0 aromatic heterocycles. The van der Waals surface area contributed by atoms with E-state index in [2.05, 4.69) is 15.9 Å². The number of aromatic carboxylic acids is 1. The highest BCUT2D eigenvalue weighted by molar-refractivity contribution is 9.10. The molecule has 1 aliphatic heterocycles. The number of hydrogen-bond donors (Lipinski definition) is 1. The minimum atomic E-state index is -1.02. The van der Waals surface area contributed by atoms with E-state index in [9.17, 15) is 19.5 Å². The molecule has 0 unspecified atom stereocenters. The molecule has 1 aliphatic rings. The van der Waals surface area contributed by atoms with Gasteiger partial charge in [-0.25, -0.2) is 14.6 Å². The van der Waals surface area contributed by atoms with Crippen molar-refractivity contribution in [1.29, 1.82) is 0 Å². The number of rotatable bonds is 10. The lowest BCUT2D eigenvalue weighted by Gasteiger charge is -2.16. The van der Waals surface area contributed by atoms with E-state index in [1.807, 2.05) is 30.3 Å². The average molecular weight is 625 g/mol. The second-order valence-corrected chi connectivity index (χ2v) is 10.2. The van der Waals surface area contributed by atoms with E-state index in [-0.39, 0.29) is 31.2 Å². The Kier molecular flexibility index (Phi) is 9.62. The zero-order valence-electron chi connectivity index (χ0n) is 21.6. The summed E-state index contributed by atoms with van der Waals surface area (Å²) in [6.45, 7) is 1.89. The maximum atomic E-state index is 13.6. The van der Waals surface area contributed by atoms with Crippen LogP contribution in [0.1, 0.15) is 28.4 Å². The fourth-order valence-electron chi connectivity index (χ4n) is 3.73. The van der Waals surface area contributed by atoms with Gasteiger partial charge in [-0.3, -0.25) is 9.69 Å². The van der Waals surface area contributed by atoms with Crippen LogP contribution in [0.15, 0.2) is 81.1 Å². The molecule has 1 amide bonds. The summed E-state index contributed by atoms with van der Waals surface area (Å²) in [6, 6.07) is 19.1. The first kappa shape index (κ1) is 28.9. The monoisotopic (exact) mass is 624 g/mol. The minimum absolute atomic E-state index is 0.166. The molecular weight excluding hydrogens is 600 g/mol. The maximum absolute atomic E-state index is 13.6. The predicted octanol–water partition coefficient (Wildman–Crippen LogP) is 5.90. The lowest BCUT2D eigenvalue weighted by atomic mass is 10.1. The number of nitrogens with zero attached hydrogens (tertiary/aromatic N) is 2. The number of aliphatic imine (C=N–C) groups is 1. The van der Waals surface area contributed by atoms with Gasteiger partial charge in [-0.2, -0.15) is 0 Å². The van der Waals surface area contributed by atoms with E-state index in [1.165, 1.54) is 31.0 Å². The Bertz CT molecular complexity index is 1470. The largest absolute Gasteiger partial charge is 0.493 e. The summed E-state index contributed by atoms with van der Waals surface area (Å²) in [7, 11) is 1.48. The molecule has 0 atom stereocenters. The van der Waals surface area contributed by atoms with Crippen LogP contribution in [0.5, 0.6) is 11.5 Å². The number of amides is 1. The van der Waals surface area contributed by atoms with Crippen molar-refractivity contribution in [3.8, 4) is 11.5 Å². The number of carboxylic acid groups (broad SMARTS) is 1. The average Bonchev–Trinajstić information content (AvgIpc) is 3.21. The van der Waals surface area contributed by atoms with Crippen molar-refractivity contribution in [3.05, 3.63) is 92.8 Å². The first-order valence-corrected chi connectivity index (χ1v) is 13.7. The summed E-state index contributed by atoms with van der Waals surface area (Å²) in [5.74, 6) is -1.07. The van der Waals surface area contributed by atoms with Gasteiger partial charge in [0.25, 0.3) is 5.91 Å². The summed E-state index contributed by atoms with van der Waals surface area (Å²) in [4.78, 5) is 43.2. The van der Waals surface area contributed by atoms with Gasteiger partial charge in [-0.05, 0) is 88.2 Å². The van der Waals surface area contributed by atoms with Crippen molar-refractivity contribution in [2.75, 3.05) is 20.3 Å². The molecule has 0 spiro atoms. The molecule has 40 heavy (non-hydrogen) atoms. The van der Waals surface area contributed by atoms with Crippen LogP contribution in [0.25, 0.3) is 6.08 Å². The smallest absolute Gasteiger partial charge is 0.344 e. The number of hydrogen-bond acceptors (Lipinski definition) is 8. The number of ether oxygens (including phenoxy) is 3. The van der Waals surface area contributed by atoms with Crippen molar-refractivity contribution in [2.24, 2.45) is 4.99 Å². The summed E-state index contributed by atoms with van der Waals surface area (Å²) >= 11 is 4.70. The van der Waals surface area contributed by atoms with Gasteiger partial charge in [-0.15, -0.1) is 0 Å². The zero-order valence-corrected chi connectivity index (χ0v) is 24.0. The quantitative estimate of drug-likeness (QED) is 0.219. The molecule has 1 saturated heterocycles. The van der Waals surface area contributed by atoms with Gasteiger partial charge in [0, 0.05) is 0 Å². The number of amidine groups is 1. The second-order valence-electron chi connectivity index (χ2n) is 8.36. The van der Waals surface area contributed by atoms with Crippen LogP contribution in [0, 0.1) is 0 Å². The van der Waals surface area contributed by atoms with Crippen molar-refractivity contribution in [2.45, 2.75) is 13.5 Å². The van der Waals surface area contributed by atoms with Gasteiger partial charge < -0.3 is 19.3 Å². The van der Waals surface area contributed by atoms with Gasteiger partial charge in [0.15, 0.2) is 23.3 Å². The van der Waals surface area contributed by atoms with Crippen LogP contribution in [0.4, 0.5) is 5.69 Å². The van der Waals surface area contributed by atoms with Gasteiger partial charge in [0.05, 0.1) is 40.9 Å². The third kappa shape index (κ3) is 7.10. The third-order valence-corrected chi connectivity index (χ3v) is 7.20. The van der Waals surface area contributed by atoms with Crippen molar-refractivity contribution in [3.63, 3.8) is 0 Å². The van der Waals surface area contributed by atoms with E-state index >= 15 is 0 Å². The molecule has 9 nitrogen and oxygen atoms in total. The third-order valence-electron chi connectivity index (χ3n) is 5.60. The summed E-state index contributed by atoms with van der Waals surface area (Å²) < 4.78 is 16.5. The lowest BCUT2D eigenvalue weighted by Crippen LogP contribution is -2.28. The fourth-order valence-corrected chi connectivity index (χ4v) is 5.30. The van der Waals surface area contributed by atoms with Crippen molar-refractivity contribution >= 4 is 62.5 Å². The van der Waals surface area contributed by atoms with Crippen molar-refractivity contribution < 1.29 is 33.7 Å². The molecule has 1 N–H and O–H groups in total. The minimum Gasteiger partial charge on any atom is -0.493 e. The fraction of sp³-hybridized carbons (Fsp3) is 0.172. The Morgan fingerprint density at radius 3 is 2.48 bits per heavy atom. The highest BCUT2D eigenvalue weighted by Gasteiger charge is 2.33. The number of para-hydroxylation sites is 1. The number of carbonyl (C=O) groups is 3. The molecule has 11 heteroatoms. The molecule has 0 radical (unpaired) electrons. The number of carboxylic acids is 1. The number of halogens is 1. The number of benzene rings is 3. The van der Waals surface area contributed by atoms with E-state index in [0.717, 1.165) is 5.56 Å². The van der Waals surface area contributed by atoms with Gasteiger partial charge in [0.1, 0.15) is 0 Å². The van der Waals surface area contributed by atoms with Gasteiger partial charge >= 0.3 is 11.9 Å². The number of esters is 1. The predicted molar refractivity (Wildman–Crippen MR) is 156 cm³/mol. The molecule has 206 valence electrons. The first-order chi connectivity index (χ1) is 19.3. The Morgan fingerprint density at radius 1 is 1.10 bits per heavy atom. The summed E-state index contributed by atoms with van der Waals surface area (Å²) in [6.07, 6.45) is 1.73. The Morgan fingerprint density at radius 2 is 1.82 bits per heavy atom. The zero-order chi connectivity index (χ0) is 28.6. The number of carbonyl (C=O) groups excluding carboxylic acids is 2. The van der Waals surface area contributed by atoms with Crippen LogP contribution in [-0.2, 0) is 20.9 Å². The standard InChI is InChI=1S/C29H25BrN2O7S/c1-3-38-25(33)17-39-26-22(30)13-19(14-23(26)37-2)15-24-27(34)32(16-18-9-11-20(12-10-18)28(35)36)29(40-24)31-21-7-5-4-6-8-21/h4-15H,3,16-17H2,1-2H3,(H,35,36)/b24-15-,31-29?. The molecular formula is C29H25BrN2O7S. The molecule has 0 bridgehead atoms. The number of thioether (sulfide) groups is 1. The highest BCUT2D eigenvalue weighted by Crippen LogP contribution is 2.40. The Labute approximate surface area is 243 Å². The first-order valence-electron chi connectivity index (χ1n) is 12.1. The number of methoxy groups -OCH3 is 1. The molecule has 4 rings (SSSR count). The van der Waals surface area contributed by atoms with E-state index in [4.69, 9.17) is 19.2 Å². The molecule has 0 saturated carbocycles. The van der Waals surface area contributed by atoms with Crippen LogP contribution in [-0.4, -0.2) is 53.3 Å². The SMILES string of the molecule is CCOC(=O)COc1c(Br)cc(/C=C2\SC(=Nc3ccccc3)N(Cc3ccc(C(=O)O)cc3)C2=O)cc1OC. The Balaban J connectivity index is 1.64. The summed E-state index contributed by atoms with van der Waals surface area (Å²) in [5, 5.41) is 9.69. The summed E-state index contributed by atoms with van der Waals surface area (Å²) in [5.41, 5.74) is 2.28.